The molecule has 0 unspecified atom stereocenters. The zero-order valence-corrected chi connectivity index (χ0v) is 11.2. The standard InChI is InChI=1S/C13H16ClN3O/c1-15-11-5-3-4-10(8-11)13-12(14)9-16-17(13)6-7-18-2/h3-5,8-9,15H,6-7H2,1-2H3. The molecule has 0 bridgehead atoms. The van der Waals surface area contributed by atoms with E-state index in [1.165, 1.54) is 0 Å². The fourth-order valence-electron chi connectivity index (χ4n) is 1.82. The Hall–Kier alpha value is -1.52. The molecule has 0 aliphatic carbocycles. The van der Waals surface area contributed by atoms with Gasteiger partial charge in [0.05, 0.1) is 30.1 Å². The van der Waals surface area contributed by atoms with Gasteiger partial charge in [0.25, 0.3) is 0 Å². The Morgan fingerprint density at radius 2 is 2.28 bits per heavy atom. The molecule has 1 N–H and O–H groups in total. The van der Waals surface area contributed by atoms with Crippen molar-refractivity contribution >= 4 is 17.3 Å². The molecule has 1 heterocycles. The van der Waals surface area contributed by atoms with E-state index in [2.05, 4.69) is 10.4 Å². The van der Waals surface area contributed by atoms with E-state index in [0.717, 1.165) is 16.9 Å². The van der Waals surface area contributed by atoms with E-state index in [0.29, 0.717) is 18.2 Å². The van der Waals surface area contributed by atoms with Crippen molar-refractivity contribution in [3.8, 4) is 11.3 Å². The molecule has 0 fully saturated rings. The van der Waals surface area contributed by atoms with Gasteiger partial charge in [-0.2, -0.15) is 5.10 Å². The van der Waals surface area contributed by atoms with Crippen LogP contribution in [0.2, 0.25) is 5.02 Å². The average molecular weight is 266 g/mol. The number of hydrogen-bond donors (Lipinski definition) is 1. The second-order valence-electron chi connectivity index (χ2n) is 3.89. The number of nitrogens with one attached hydrogen (secondary N) is 1. The monoisotopic (exact) mass is 265 g/mol. The van der Waals surface area contributed by atoms with E-state index >= 15 is 0 Å². The lowest BCUT2D eigenvalue weighted by molar-refractivity contribution is 0.184. The first-order valence-electron chi connectivity index (χ1n) is 5.74. The minimum atomic E-state index is 0.608. The Balaban J connectivity index is 2.38. The number of hydrogen-bond acceptors (Lipinski definition) is 3. The smallest absolute Gasteiger partial charge is 0.0870 e. The van der Waals surface area contributed by atoms with Crippen molar-refractivity contribution in [1.82, 2.24) is 9.78 Å². The lowest BCUT2D eigenvalue weighted by Crippen LogP contribution is -2.07. The molecule has 4 nitrogen and oxygen atoms in total. The molecule has 0 aliphatic rings. The molecule has 0 aliphatic heterocycles. The van der Waals surface area contributed by atoms with Gasteiger partial charge in [-0.25, -0.2) is 0 Å². The largest absolute Gasteiger partial charge is 0.388 e. The van der Waals surface area contributed by atoms with Gasteiger partial charge in [0.15, 0.2) is 0 Å². The first-order valence-corrected chi connectivity index (χ1v) is 6.12. The highest BCUT2D eigenvalue weighted by Gasteiger charge is 2.11. The van der Waals surface area contributed by atoms with Crippen molar-refractivity contribution in [3.05, 3.63) is 35.5 Å². The van der Waals surface area contributed by atoms with Crippen LogP contribution in [0, 0.1) is 0 Å². The molecule has 0 spiro atoms. The Morgan fingerprint density at radius 3 is 3.00 bits per heavy atom. The topological polar surface area (TPSA) is 39.1 Å². The van der Waals surface area contributed by atoms with Crippen LogP contribution in [0.25, 0.3) is 11.3 Å². The van der Waals surface area contributed by atoms with Gasteiger partial charge in [0.1, 0.15) is 0 Å². The van der Waals surface area contributed by atoms with Crippen LogP contribution >= 0.6 is 11.6 Å². The maximum absolute atomic E-state index is 6.21. The Bertz CT molecular complexity index is 525. The summed E-state index contributed by atoms with van der Waals surface area (Å²) in [6, 6.07) is 8.07. The number of halogens is 1. The summed E-state index contributed by atoms with van der Waals surface area (Å²) in [4.78, 5) is 0. The highest BCUT2D eigenvalue weighted by Crippen LogP contribution is 2.29. The number of benzene rings is 1. The highest BCUT2D eigenvalue weighted by atomic mass is 35.5. The van der Waals surface area contributed by atoms with Crippen molar-refractivity contribution in [1.29, 1.82) is 0 Å². The molecule has 2 aromatic rings. The maximum Gasteiger partial charge on any atom is 0.0870 e. The molecule has 0 atom stereocenters. The number of anilines is 1. The molecule has 96 valence electrons. The summed E-state index contributed by atoms with van der Waals surface area (Å²) in [5.41, 5.74) is 3.01. The summed E-state index contributed by atoms with van der Waals surface area (Å²) in [7, 11) is 3.56. The molecular weight excluding hydrogens is 250 g/mol. The van der Waals surface area contributed by atoms with E-state index in [1.807, 2.05) is 36.0 Å². The lowest BCUT2D eigenvalue weighted by Gasteiger charge is -2.09. The molecule has 0 saturated heterocycles. The first kappa shape index (κ1) is 12.9. The number of methoxy groups -OCH3 is 1. The quantitative estimate of drug-likeness (QED) is 0.904. The number of rotatable bonds is 5. The molecule has 0 amide bonds. The molecule has 1 aromatic carbocycles. The zero-order valence-electron chi connectivity index (χ0n) is 10.5. The number of nitrogens with zero attached hydrogens (tertiary/aromatic N) is 2. The summed E-state index contributed by atoms with van der Waals surface area (Å²) in [6.07, 6.45) is 1.67. The maximum atomic E-state index is 6.21. The van der Waals surface area contributed by atoms with Crippen molar-refractivity contribution in [2.45, 2.75) is 6.54 Å². The third-order valence-corrected chi connectivity index (χ3v) is 3.00. The van der Waals surface area contributed by atoms with Crippen LogP contribution < -0.4 is 5.32 Å². The molecule has 18 heavy (non-hydrogen) atoms. The van der Waals surface area contributed by atoms with E-state index in [9.17, 15) is 0 Å². The number of aromatic nitrogens is 2. The van der Waals surface area contributed by atoms with Crippen LogP contribution in [0.4, 0.5) is 5.69 Å². The van der Waals surface area contributed by atoms with E-state index in [-0.39, 0.29) is 0 Å². The molecular formula is C13H16ClN3O. The van der Waals surface area contributed by atoms with Crippen molar-refractivity contribution in [2.24, 2.45) is 0 Å². The van der Waals surface area contributed by atoms with Gasteiger partial charge in [0, 0.05) is 25.4 Å². The van der Waals surface area contributed by atoms with Gasteiger partial charge in [-0.15, -0.1) is 0 Å². The Morgan fingerprint density at radius 1 is 1.44 bits per heavy atom. The fourth-order valence-corrected chi connectivity index (χ4v) is 2.07. The predicted molar refractivity (Wildman–Crippen MR) is 74.1 cm³/mol. The first-order chi connectivity index (χ1) is 8.76. The molecule has 2 rings (SSSR count). The third kappa shape index (κ3) is 2.66. The molecule has 0 saturated carbocycles. The molecule has 0 radical (unpaired) electrons. The summed E-state index contributed by atoms with van der Waals surface area (Å²) < 4.78 is 6.94. The van der Waals surface area contributed by atoms with Crippen LogP contribution in [0.3, 0.4) is 0 Å². The van der Waals surface area contributed by atoms with Crippen molar-refractivity contribution < 1.29 is 4.74 Å². The van der Waals surface area contributed by atoms with Crippen LogP contribution in [0.5, 0.6) is 0 Å². The highest BCUT2D eigenvalue weighted by molar-refractivity contribution is 6.33. The van der Waals surface area contributed by atoms with Gasteiger partial charge >= 0.3 is 0 Å². The predicted octanol–water partition coefficient (Wildman–Crippen LogP) is 2.89. The fraction of sp³-hybridized carbons (Fsp3) is 0.308. The summed E-state index contributed by atoms with van der Waals surface area (Å²) in [6.45, 7) is 1.29. The minimum Gasteiger partial charge on any atom is -0.388 e. The van der Waals surface area contributed by atoms with E-state index in [4.69, 9.17) is 16.3 Å². The van der Waals surface area contributed by atoms with Crippen LogP contribution in [-0.4, -0.2) is 30.5 Å². The second-order valence-corrected chi connectivity index (χ2v) is 4.30. The summed E-state index contributed by atoms with van der Waals surface area (Å²) in [5.74, 6) is 0. The Labute approximate surface area is 112 Å². The summed E-state index contributed by atoms with van der Waals surface area (Å²) in [5, 5.41) is 8.04. The zero-order chi connectivity index (χ0) is 13.0. The van der Waals surface area contributed by atoms with Gasteiger partial charge in [-0.05, 0) is 12.1 Å². The van der Waals surface area contributed by atoms with Crippen LogP contribution in [0.15, 0.2) is 30.5 Å². The van der Waals surface area contributed by atoms with Gasteiger partial charge < -0.3 is 10.1 Å². The Kier molecular flexibility index (Phi) is 4.23. The van der Waals surface area contributed by atoms with Gasteiger partial charge in [-0.3, -0.25) is 4.68 Å². The third-order valence-electron chi connectivity index (χ3n) is 2.73. The van der Waals surface area contributed by atoms with Crippen LogP contribution in [0.1, 0.15) is 0 Å². The molecule has 1 aromatic heterocycles. The normalized spacial score (nSPS) is 10.6. The van der Waals surface area contributed by atoms with Crippen molar-refractivity contribution in [3.63, 3.8) is 0 Å². The van der Waals surface area contributed by atoms with Crippen molar-refractivity contribution in [2.75, 3.05) is 26.1 Å². The SMILES string of the molecule is CNc1cccc(-c2c(Cl)cnn2CCOC)c1. The van der Waals surface area contributed by atoms with E-state index in [1.54, 1.807) is 13.3 Å². The lowest BCUT2D eigenvalue weighted by atomic mass is 10.1. The van der Waals surface area contributed by atoms with Gasteiger partial charge in [0.2, 0.25) is 0 Å². The average Bonchev–Trinajstić information content (AvgIpc) is 2.77. The number of ether oxygens (including phenoxy) is 1. The van der Waals surface area contributed by atoms with Crippen LogP contribution in [-0.2, 0) is 11.3 Å². The molecule has 5 heteroatoms. The second kappa shape index (κ2) is 5.89. The summed E-state index contributed by atoms with van der Waals surface area (Å²) >= 11 is 6.21. The van der Waals surface area contributed by atoms with Gasteiger partial charge in [-0.1, -0.05) is 23.7 Å². The van der Waals surface area contributed by atoms with E-state index < -0.39 is 0 Å². The minimum absolute atomic E-state index is 0.608.